The minimum Gasteiger partial charge on any atom is -0.444 e. The van der Waals surface area contributed by atoms with Crippen LogP contribution in [0.15, 0.2) is 41.3 Å². The predicted molar refractivity (Wildman–Crippen MR) is 122 cm³/mol. The number of pyridine rings is 1. The number of nitrogens with one attached hydrogen (secondary N) is 1. The minimum atomic E-state index is -4.86. The lowest BCUT2D eigenvalue weighted by Gasteiger charge is -2.32. The molecule has 1 aromatic heterocycles. The summed E-state index contributed by atoms with van der Waals surface area (Å²) in [5.41, 5.74) is 1.57. The number of halogens is 3. The summed E-state index contributed by atoms with van der Waals surface area (Å²) in [4.78, 5) is 30.9. The van der Waals surface area contributed by atoms with E-state index < -0.39 is 29.7 Å². The highest BCUT2D eigenvalue weighted by Crippen LogP contribution is 2.29. The molecular formula is C24H32F3N3O4. The highest BCUT2D eigenvalue weighted by molar-refractivity contribution is 6.07. The summed E-state index contributed by atoms with van der Waals surface area (Å²) in [6.45, 7) is 9.99. The number of unbranched alkanes of at least 4 members (excludes halogenated alkanes) is 2. The first-order valence-corrected chi connectivity index (χ1v) is 11.2. The first-order chi connectivity index (χ1) is 15.8. The van der Waals surface area contributed by atoms with Gasteiger partial charge in [0.15, 0.2) is 0 Å². The van der Waals surface area contributed by atoms with Gasteiger partial charge >= 0.3 is 12.5 Å². The number of hydrogen-bond donors (Lipinski definition) is 1. The topological polar surface area (TPSA) is 80.8 Å². The third-order valence-electron chi connectivity index (χ3n) is 4.91. The molecule has 0 fully saturated rings. The van der Waals surface area contributed by atoms with Crippen molar-refractivity contribution in [2.75, 3.05) is 18.4 Å². The maximum atomic E-state index is 13.1. The van der Waals surface area contributed by atoms with E-state index in [1.54, 1.807) is 25.7 Å². The monoisotopic (exact) mass is 483 g/mol. The van der Waals surface area contributed by atoms with Crippen LogP contribution in [0.2, 0.25) is 0 Å². The second-order valence-corrected chi connectivity index (χ2v) is 9.08. The Morgan fingerprint density at radius 1 is 1.24 bits per heavy atom. The number of ether oxygens (including phenoxy) is 2. The van der Waals surface area contributed by atoms with Crippen LogP contribution in [0, 0.1) is 0 Å². The Labute approximate surface area is 198 Å². The van der Waals surface area contributed by atoms with E-state index in [9.17, 15) is 22.8 Å². The van der Waals surface area contributed by atoms with E-state index >= 15 is 0 Å². The maximum Gasteiger partial charge on any atom is 0.573 e. The molecule has 0 radical (unpaired) electrons. The molecule has 2 heterocycles. The molecule has 1 aliphatic rings. The Kier molecular flexibility index (Phi) is 9.12. The van der Waals surface area contributed by atoms with Gasteiger partial charge in [-0.15, -0.1) is 13.2 Å². The largest absolute Gasteiger partial charge is 0.573 e. The molecule has 0 aromatic carbocycles. The number of rotatable bonds is 7. The normalized spacial score (nSPS) is 15.3. The lowest BCUT2D eigenvalue weighted by atomic mass is 9.92. The minimum absolute atomic E-state index is 0.0811. The number of hydrogen-bond acceptors (Lipinski definition) is 5. The lowest BCUT2D eigenvalue weighted by Crippen LogP contribution is -2.41. The molecule has 2 rings (SSSR count). The summed E-state index contributed by atoms with van der Waals surface area (Å²) >= 11 is 0. The highest BCUT2D eigenvalue weighted by atomic mass is 19.4. The fraction of sp³-hybridized carbons (Fsp3) is 0.542. The number of nitrogens with zero attached hydrogens (tertiary/aromatic N) is 2. The molecule has 1 aliphatic heterocycles. The van der Waals surface area contributed by atoms with E-state index in [1.807, 2.05) is 19.9 Å². The molecule has 0 saturated carbocycles. The van der Waals surface area contributed by atoms with Crippen molar-refractivity contribution in [2.24, 2.45) is 0 Å². The zero-order chi connectivity index (χ0) is 25.5. The first kappa shape index (κ1) is 27.2. The zero-order valence-corrected chi connectivity index (χ0v) is 20.2. The van der Waals surface area contributed by atoms with Crippen LogP contribution in [0.3, 0.4) is 0 Å². The van der Waals surface area contributed by atoms with Gasteiger partial charge in [-0.25, -0.2) is 4.79 Å². The van der Waals surface area contributed by atoms with E-state index in [4.69, 9.17) is 4.74 Å². The Morgan fingerprint density at radius 2 is 1.94 bits per heavy atom. The van der Waals surface area contributed by atoms with E-state index in [-0.39, 0.29) is 5.69 Å². The summed E-state index contributed by atoms with van der Waals surface area (Å²) in [7, 11) is 0. The van der Waals surface area contributed by atoms with Crippen LogP contribution < -0.4 is 10.1 Å². The molecule has 0 atom stereocenters. The first-order valence-electron chi connectivity index (χ1n) is 11.2. The van der Waals surface area contributed by atoms with Crippen molar-refractivity contribution in [3.8, 4) is 5.75 Å². The predicted octanol–water partition coefficient (Wildman–Crippen LogP) is 5.99. The summed E-state index contributed by atoms with van der Waals surface area (Å²) in [5, 5.41) is 2.62. The molecule has 0 bridgehead atoms. The average Bonchev–Trinajstić information content (AvgIpc) is 2.69. The van der Waals surface area contributed by atoms with Gasteiger partial charge in [0.05, 0.1) is 18.1 Å². The standard InChI is InChI=1S/C24H32F3N3O4/c1-6-7-8-9-20(19-10-11-30(15-16(19)2)22(32)34-23(3,4)5)21(31)29-17-12-18(14-28-13-17)33-24(25,26)27/h9,12-14H,6-8,10-11,15H2,1-5H3,(H,29,31)/b20-9+. The summed E-state index contributed by atoms with van der Waals surface area (Å²) in [5.74, 6) is -0.981. The van der Waals surface area contributed by atoms with Gasteiger partial charge in [-0.2, -0.15) is 0 Å². The van der Waals surface area contributed by atoms with Gasteiger partial charge in [0, 0.05) is 24.7 Å². The van der Waals surface area contributed by atoms with Crippen LogP contribution in [0.1, 0.15) is 60.3 Å². The summed E-state index contributed by atoms with van der Waals surface area (Å²) < 4.78 is 46.9. The zero-order valence-electron chi connectivity index (χ0n) is 20.2. The van der Waals surface area contributed by atoms with E-state index in [0.717, 1.165) is 36.3 Å². The molecule has 34 heavy (non-hydrogen) atoms. The fourth-order valence-corrected chi connectivity index (χ4v) is 3.45. The molecule has 0 aliphatic carbocycles. The number of carbonyl (C=O) groups excluding carboxylic acids is 2. The van der Waals surface area contributed by atoms with Crippen molar-refractivity contribution in [2.45, 2.75) is 72.3 Å². The molecule has 0 unspecified atom stereocenters. The van der Waals surface area contributed by atoms with Gasteiger partial charge in [-0.1, -0.05) is 25.8 Å². The van der Waals surface area contributed by atoms with Crippen LogP contribution in [0.4, 0.5) is 23.7 Å². The van der Waals surface area contributed by atoms with Gasteiger partial charge in [-0.05, 0) is 51.7 Å². The Bertz CT molecular complexity index is 950. The van der Waals surface area contributed by atoms with Crippen molar-refractivity contribution in [3.63, 3.8) is 0 Å². The second kappa shape index (κ2) is 11.4. The van der Waals surface area contributed by atoms with Crippen molar-refractivity contribution in [1.82, 2.24) is 9.88 Å². The Hall–Kier alpha value is -3.04. The van der Waals surface area contributed by atoms with Crippen molar-refractivity contribution >= 4 is 17.7 Å². The molecule has 10 heteroatoms. The number of anilines is 1. The van der Waals surface area contributed by atoms with E-state index in [1.165, 1.54) is 6.20 Å². The molecule has 0 spiro atoms. The van der Waals surface area contributed by atoms with Crippen LogP contribution in [-0.2, 0) is 9.53 Å². The SMILES string of the molecule is CCCC/C=C(/C(=O)Nc1cncc(OC(F)(F)F)c1)C1=C(C)CN(C(=O)OC(C)(C)C)CC1. The second-order valence-electron chi connectivity index (χ2n) is 9.08. The highest BCUT2D eigenvalue weighted by Gasteiger charge is 2.32. The molecule has 2 amide bonds. The lowest BCUT2D eigenvalue weighted by molar-refractivity contribution is -0.274. The summed E-state index contributed by atoms with van der Waals surface area (Å²) in [6.07, 6.45) is 1.66. The van der Waals surface area contributed by atoms with Gasteiger partial charge in [0.25, 0.3) is 5.91 Å². The molecule has 0 saturated heterocycles. The third-order valence-corrected chi connectivity index (χ3v) is 4.91. The number of alkyl halides is 3. The maximum absolute atomic E-state index is 13.1. The van der Waals surface area contributed by atoms with Gasteiger partial charge in [-0.3, -0.25) is 9.78 Å². The quantitative estimate of drug-likeness (QED) is 0.380. The number of aromatic nitrogens is 1. The van der Waals surface area contributed by atoms with Crippen LogP contribution in [0.5, 0.6) is 5.75 Å². The Morgan fingerprint density at radius 3 is 2.53 bits per heavy atom. The summed E-state index contributed by atoms with van der Waals surface area (Å²) in [6, 6.07) is 1.06. The number of amides is 2. The van der Waals surface area contributed by atoms with E-state index in [0.29, 0.717) is 31.5 Å². The van der Waals surface area contributed by atoms with Crippen LogP contribution in [-0.4, -0.2) is 46.9 Å². The van der Waals surface area contributed by atoms with Gasteiger partial charge < -0.3 is 19.7 Å². The van der Waals surface area contributed by atoms with Gasteiger partial charge in [0.2, 0.25) is 0 Å². The van der Waals surface area contributed by atoms with Crippen molar-refractivity contribution in [3.05, 3.63) is 41.3 Å². The molecular weight excluding hydrogens is 451 g/mol. The molecule has 7 nitrogen and oxygen atoms in total. The van der Waals surface area contributed by atoms with Crippen molar-refractivity contribution in [1.29, 1.82) is 0 Å². The number of allylic oxidation sites excluding steroid dienone is 1. The average molecular weight is 484 g/mol. The van der Waals surface area contributed by atoms with Crippen molar-refractivity contribution < 1.29 is 32.2 Å². The molecule has 188 valence electrons. The molecule has 1 N–H and O–H groups in total. The Balaban J connectivity index is 2.23. The third kappa shape index (κ3) is 8.72. The number of carbonyl (C=O) groups is 2. The van der Waals surface area contributed by atoms with Gasteiger partial charge in [0.1, 0.15) is 11.4 Å². The van der Waals surface area contributed by atoms with Crippen LogP contribution in [0.25, 0.3) is 0 Å². The van der Waals surface area contributed by atoms with E-state index in [2.05, 4.69) is 15.0 Å². The fourth-order valence-electron chi connectivity index (χ4n) is 3.45. The molecule has 1 aromatic rings. The van der Waals surface area contributed by atoms with Crippen LogP contribution >= 0.6 is 0 Å². The smallest absolute Gasteiger partial charge is 0.444 e.